The number of nitrogens with one attached hydrogen (secondary N) is 1. The summed E-state index contributed by atoms with van der Waals surface area (Å²) in [4.78, 5) is 28.8. The summed E-state index contributed by atoms with van der Waals surface area (Å²) in [5.74, 6) is -12.8. The molecule has 11 heteroatoms. The molecule has 1 aliphatic rings. The van der Waals surface area contributed by atoms with Gasteiger partial charge in [0.1, 0.15) is 5.56 Å². The minimum absolute atomic E-state index is 0.00828. The van der Waals surface area contributed by atoms with Crippen molar-refractivity contribution in [3.63, 3.8) is 0 Å². The summed E-state index contributed by atoms with van der Waals surface area (Å²) in [5, 5.41) is 2.28. The van der Waals surface area contributed by atoms with Gasteiger partial charge < -0.3 is 15.1 Å². The number of hydrogen-bond donors (Lipinski definition) is 1. The van der Waals surface area contributed by atoms with E-state index >= 15 is 0 Å². The number of carbonyl (C=O) groups excluding carboxylic acids is 2. The second kappa shape index (κ2) is 10.1. The molecule has 36 heavy (non-hydrogen) atoms. The maximum absolute atomic E-state index is 13.9. The van der Waals surface area contributed by atoms with Gasteiger partial charge in [-0.15, -0.1) is 0 Å². The van der Waals surface area contributed by atoms with Crippen LogP contribution >= 0.6 is 11.6 Å². The van der Waals surface area contributed by atoms with Crippen molar-refractivity contribution in [3.05, 3.63) is 93.3 Å². The van der Waals surface area contributed by atoms with Crippen molar-refractivity contribution in [2.45, 2.75) is 6.92 Å². The van der Waals surface area contributed by atoms with Gasteiger partial charge in [0, 0.05) is 37.4 Å². The Hall–Kier alpha value is -3.66. The summed E-state index contributed by atoms with van der Waals surface area (Å²) >= 11 is 6.35. The van der Waals surface area contributed by atoms with Crippen LogP contribution in [0.5, 0.6) is 0 Å². The molecular formula is C25H19ClF5N3O2. The molecule has 188 valence electrons. The lowest BCUT2D eigenvalue weighted by atomic mass is 10.1. The number of amides is 2. The Kier molecular flexibility index (Phi) is 7.16. The van der Waals surface area contributed by atoms with Crippen molar-refractivity contribution in [3.8, 4) is 0 Å². The highest BCUT2D eigenvalue weighted by molar-refractivity contribution is 6.33. The highest BCUT2D eigenvalue weighted by Gasteiger charge is 2.30. The fourth-order valence-electron chi connectivity index (χ4n) is 3.97. The minimum atomic E-state index is -2.35. The normalized spacial score (nSPS) is 13.6. The Balaban J connectivity index is 1.45. The van der Waals surface area contributed by atoms with E-state index in [4.69, 9.17) is 11.6 Å². The van der Waals surface area contributed by atoms with Gasteiger partial charge in [-0.05, 0) is 36.8 Å². The highest BCUT2D eigenvalue weighted by Crippen LogP contribution is 2.31. The standard InChI is InChI=1S/C25H19ClF5N3O2/c1-13-4-2-3-5-15(13)25(36)34-10-8-33(9-11-34)17-7-6-14(12-16(17)26)32-24(35)18-19(27)21(29)23(31)22(30)20(18)28/h2-7,12H,8-11H2,1H3,(H,32,35). The molecule has 1 saturated heterocycles. The van der Waals surface area contributed by atoms with Crippen LogP contribution in [0.4, 0.5) is 33.3 Å². The van der Waals surface area contributed by atoms with Crippen molar-refractivity contribution in [1.82, 2.24) is 4.90 Å². The van der Waals surface area contributed by atoms with E-state index in [1.165, 1.54) is 12.1 Å². The molecule has 0 spiro atoms. The Labute approximate surface area is 208 Å². The average molecular weight is 524 g/mol. The summed E-state index contributed by atoms with van der Waals surface area (Å²) in [6.45, 7) is 3.72. The lowest BCUT2D eigenvalue weighted by Gasteiger charge is -2.36. The van der Waals surface area contributed by atoms with Crippen LogP contribution in [0.3, 0.4) is 0 Å². The number of anilines is 2. The van der Waals surface area contributed by atoms with Crippen molar-refractivity contribution < 1.29 is 31.5 Å². The molecule has 1 aliphatic heterocycles. The van der Waals surface area contributed by atoms with Crippen molar-refractivity contribution in [2.75, 3.05) is 36.4 Å². The lowest BCUT2D eigenvalue weighted by Crippen LogP contribution is -2.49. The number of carbonyl (C=O) groups is 2. The molecule has 1 fully saturated rings. The molecule has 4 rings (SSSR count). The predicted octanol–water partition coefficient (Wildman–Crippen LogP) is 5.56. The number of rotatable bonds is 4. The first-order valence-electron chi connectivity index (χ1n) is 10.8. The zero-order valence-electron chi connectivity index (χ0n) is 18.8. The fourth-order valence-corrected chi connectivity index (χ4v) is 4.27. The van der Waals surface area contributed by atoms with Crippen molar-refractivity contribution >= 4 is 34.8 Å². The van der Waals surface area contributed by atoms with Crippen LogP contribution in [0.1, 0.15) is 26.3 Å². The number of nitrogens with zero attached hydrogens (tertiary/aromatic N) is 2. The van der Waals surface area contributed by atoms with E-state index in [0.29, 0.717) is 37.4 Å². The van der Waals surface area contributed by atoms with Gasteiger partial charge in [-0.2, -0.15) is 0 Å². The van der Waals surface area contributed by atoms with Gasteiger partial charge >= 0.3 is 0 Å². The maximum Gasteiger partial charge on any atom is 0.261 e. The number of hydrogen-bond acceptors (Lipinski definition) is 3. The average Bonchev–Trinajstić information content (AvgIpc) is 2.86. The second-order valence-corrected chi connectivity index (χ2v) is 8.57. The van der Waals surface area contributed by atoms with Gasteiger partial charge in [0.25, 0.3) is 11.8 Å². The van der Waals surface area contributed by atoms with Gasteiger partial charge in [-0.25, -0.2) is 22.0 Å². The van der Waals surface area contributed by atoms with Crippen LogP contribution in [0, 0.1) is 36.0 Å². The third kappa shape index (κ3) is 4.73. The predicted molar refractivity (Wildman–Crippen MR) is 125 cm³/mol. The molecular weight excluding hydrogens is 505 g/mol. The molecule has 0 atom stereocenters. The zero-order chi connectivity index (χ0) is 26.1. The largest absolute Gasteiger partial charge is 0.367 e. The molecule has 0 aromatic heterocycles. The fraction of sp³-hybridized carbons (Fsp3) is 0.200. The molecule has 0 unspecified atom stereocenters. The Morgan fingerprint density at radius 3 is 2.00 bits per heavy atom. The van der Waals surface area contributed by atoms with Crippen LogP contribution in [-0.4, -0.2) is 42.9 Å². The van der Waals surface area contributed by atoms with E-state index in [0.717, 1.165) is 5.56 Å². The zero-order valence-corrected chi connectivity index (χ0v) is 19.6. The molecule has 1 heterocycles. The van der Waals surface area contributed by atoms with Crippen LogP contribution in [0.15, 0.2) is 42.5 Å². The summed E-state index contributed by atoms with van der Waals surface area (Å²) in [5.41, 5.74) is 0.510. The van der Waals surface area contributed by atoms with Crippen LogP contribution in [0.25, 0.3) is 0 Å². The van der Waals surface area contributed by atoms with Crippen LogP contribution < -0.4 is 10.2 Å². The third-order valence-electron chi connectivity index (χ3n) is 5.93. The van der Waals surface area contributed by atoms with Gasteiger partial charge in [-0.1, -0.05) is 29.8 Å². The topological polar surface area (TPSA) is 52.7 Å². The molecule has 0 radical (unpaired) electrons. The SMILES string of the molecule is Cc1ccccc1C(=O)N1CCN(c2ccc(NC(=O)c3c(F)c(F)c(F)c(F)c3F)cc2Cl)CC1. The van der Waals surface area contributed by atoms with E-state index in [1.54, 1.807) is 17.0 Å². The molecule has 3 aromatic rings. The Morgan fingerprint density at radius 1 is 0.833 bits per heavy atom. The first kappa shape index (κ1) is 25.4. The quantitative estimate of drug-likeness (QED) is 0.277. The molecule has 3 aromatic carbocycles. The first-order chi connectivity index (χ1) is 17.1. The highest BCUT2D eigenvalue weighted by atomic mass is 35.5. The van der Waals surface area contributed by atoms with E-state index in [9.17, 15) is 31.5 Å². The summed E-state index contributed by atoms with van der Waals surface area (Å²) in [7, 11) is 0. The van der Waals surface area contributed by atoms with E-state index in [1.807, 2.05) is 30.0 Å². The summed E-state index contributed by atoms with van der Waals surface area (Å²) < 4.78 is 67.9. The van der Waals surface area contributed by atoms with E-state index < -0.39 is 40.6 Å². The van der Waals surface area contributed by atoms with Crippen molar-refractivity contribution in [1.29, 1.82) is 0 Å². The number of halogens is 6. The molecule has 0 aliphatic carbocycles. The van der Waals surface area contributed by atoms with Gasteiger partial charge in [0.15, 0.2) is 23.3 Å². The second-order valence-electron chi connectivity index (χ2n) is 8.16. The lowest BCUT2D eigenvalue weighted by molar-refractivity contribution is 0.0746. The maximum atomic E-state index is 13.9. The Morgan fingerprint density at radius 2 is 1.42 bits per heavy atom. The molecule has 0 saturated carbocycles. The minimum Gasteiger partial charge on any atom is -0.367 e. The summed E-state index contributed by atoms with van der Waals surface area (Å²) in [6, 6.07) is 11.6. The number of piperazine rings is 1. The van der Waals surface area contributed by atoms with Crippen LogP contribution in [0.2, 0.25) is 5.02 Å². The van der Waals surface area contributed by atoms with E-state index in [-0.39, 0.29) is 16.6 Å². The first-order valence-corrected chi connectivity index (χ1v) is 11.2. The number of benzene rings is 3. The van der Waals surface area contributed by atoms with Gasteiger partial charge in [-0.3, -0.25) is 9.59 Å². The van der Waals surface area contributed by atoms with Crippen LogP contribution in [-0.2, 0) is 0 Å². The van der Waals surface area contributed by atoms with E-state index in [2.05, 4.69) is 5.32 Å². The molecule has 2 amide bonds. The summed E-state index contributed by atoms with van der Waals surface area (Å²) in [6.07, 6.45) is 0. The monoisotopic (exact) mass is 523 g/mol. The van der Waals surface area contributed by atoms with Gasteiger partial charge in [0.2, 0.25) is 5.82 Å². The number of aryl methyl sites for hydroxylation is 1. The molecule has 0 bridgehead atoms. The molecule has 5 nitrogen and oxygen atoms in total. The smallest absolute Gasteiger partial charge is 0.261 e. The molecule has 1 N–H and O–H groups in total. The Bertz CT molecular complexity index is 1330. The third-order valence-corrected chi connectivity index (χ3v) is 6.23. The van der Waals surface area contributed by atoms with Crippen molar-refractivity contribution in [2.24, 2.45) is 0 Å². The van der Waals surface area contributed by atoms with Gasteiger partial charge in [0.05, 0.1) is 10.7 Å².